The van der Waals surface area contributed by atoms with Crippen LogP contribution in [0.3, 0.4) is 0 Å². The molecular weight excluding hydrogens is 468 g/mol. The molecule has 0 bridgehead atoms. The van der Waals surface area contributed by atoms with Crippen LogP contribution in [-0.4, -0.2) is 50.3 Å². The maximum atomic E-state index is 12.2. The van der Waals surface area contributed by atoms with Gasteiger partial charge in [-0.15, -0.1) is 0 Å². The molecule has 2 aromatic rings. The highest BCUT2D eigenvalue weighted by Gasteiger charge is 2.60. The topological polar surface area (TPSA) is 53.0 Å². The Morgan fingerprint density at radius 3 is 2.25 bits per heavy atom. The lowest BCUT2D eigenvalue weighted by Crippen LogP contribution is -2.62. The summed E-state index contributed by atoms with van der Waals surface area (Å²) in [5.41, 5.74) is 2.60. The monoisotopic (exact) mass is 510 g/mol. The molecule has 0 unspecified atom stereocenters. The summed E-state index contributed by atoms with van der Waals surface area (Å²) in [6.07, 6.45) is 18.1. The molecule has 0 aliphatic carbocycles. The lowest BCUT2D eigenvalue weighted by Gasteiger charge is -2.57. The van der Waals surface area contributed by atoms with Crippen molar-refractivity contribution in [2.24, 2.45) is 17.3 Å². The van der Waals surface area contributed by atoms with Crippen LogP contribution >= 0.6 is 11.8 Å². The quantitative estimate of drug-likeness (QED) is 0.490. The van der Waals surface area contributed by atoms with Crippen molar-refractivity contribution in [1.29, 1.82) is 0 Å². The largest absolute Gasteiger partial charge is 0.472 e. The summed E-state index contributed by atoms with van der Waals surface area (Å²) in [6, 6.07) is 6.21. The van der Waals surface area contributed by atoms with E-state index >= 15 is 0 Å². The number of thioether (sulfide) groups is 1. The van der Waals surface area contributed by atoms with Crippen LogP contribution in [-0.2, 0) is 0 Å². The highest BCUT2D eigenvalue weighted by atomic mass is 32.2. The number of nitrogens with zero attached hydrogens (tertiary/aromatic N) is 2. The van der Waals surface area contributed by atoms with E-state index in [0.29, 0.717) is 24.0 Å². The number of piperidine rings is 4. The second-order valence-electron chi connectivity index (χ2n) is 13.0. The molecule has 2 aromatic heterocycles. The molecule has 5 fully saturated rings. The van der Waals surface area contributed by atoms with Crippen LogP contribution in [0.25, 0.3) is 0 Å². The molecule has 196 valence electrons. The van der Waals surface area contributed by atoms with E-state index in [-0.39, 0.29) is 22.4 Å². The summed E-state index contributed by atoms with van der Waals surface area (Å²) in [4.78, 5) is 5.38. The highest BCUT2D eigenvalue weighted by molar-refractivity contribution is 8.01. The normalized spacial score (nSPS) is 45.7. The molecule has 36 heavy (non-hydrogen) atoms. The van der Waals surface area contributed by atoms with Crippen LogP contribution in [0.5, 0.6) is 0 Å². The third-order valence-electron chi connectivity index (χ3n) is 11.0. The molecule has 0 saturated carbocycles. The average molecular weight is 511 g/mol. The molecular formula is C30H42N2O3S. The van der Waals surface area contributed by atoms with E-state index in [1.807, 2.05) is 18.8 Å². The van der Waals surface area contributed by atoms with Gasteiger partial charge >= 0.3 is 0 Å². The van der Waals surface area contributed by atoms with Gasteiger partial charge < -0.3 is 13.9 Å². The summed E-state index contributed by atoms with van der Waals surface area (Å²) in [5, 5.41) is 12.2. The standard InChI is InChI=1S/C30H42N2O3S/c1-20-3-5-26(22-9-13-34-15-22)31-18-30(12-8-24(20)31)17-29(19-36-30)11-7-25-21(2)4-6-27(32(25)28(29)33)23-10-14-35-16-23/h9-10,13-16,20-21,24-28,33H,3-8,11-12,17-19H2,1-2H3/t20-,21-,24+,25+,26+,27+,28-,29-,30+/m1/s1. The van der Waals surface area contributed by atoms with Crippen LogP contribution < -0.4 is 0 Å². The third-order valence-corrected chi connectivity index (χ3v) is 12.8. The summed E-state index contributed by atoms with van der Waals surface area (Å²) in [6.45, 7) is 6.01. The van der Waals surface area contributed by atoms with Crippen LogP contribution in [0, 0.1) is 17.3 Å². The number of fused-ring (bicyclic) bond motifs is 2. The van der Waals surface area contributed by atoms with E-state index < -0.39 is 0 Å². The number of rotatable bonds is 2. The maximum Gasteiger partial charge on any atom is 0.114 e. The number of furan rings is 2. The second-order valence-corrected chi connectivity index (χ2v) is 14.4. The maximum absolute atomic E-state index is 12.2. The fraction of sp³-hybridized carbons (Fsp3) is 0.733. The van der Waals surface area contributed by atoms with E-state index in [1.54, 1.807) is 6.26 Å². The molecule has 0 amide bonds. The van der Waals surface area contributed by atoms with Crippen molar-refractivity contribution < 1.29 is 13.9 Å². The summed E-state index contributed by atoms with van der Waals surface area (Å²) >= 11 is 2.20. The number of hydrogen-bond acceptors (Lipinski definition) is 6. The SMILES string of the molecule is C[C@@H]1CC[C@@H](c2ccoc2)N2C[C@]3(CC[C@@H]12)C[C@]1(CC[C@H]2[C@H](C)CC[C@@H](c4ccoc4)N2[C@@H]1O)CS3. The lowest BCUT2D eigenvalue weighted by molar-refractivity contribution is -0.182. The minimum absolute atomic E-state index is 0.000408. The molecule has 5 saturated heterocycles. The van der Waals surface area contributed by atoms with Crippen LogP contribution in [0.2, 0.25) is 0 Å². The highest BCUT2D eigenvalue weighted by Crippen LogP contribution is 2.62. The van der Waals surface area contributed by atoms with Gasteiger partial charge in [-0.2, -0.15) is 11.8 Å². The van der Waals surface area contributed by atoms with Gasteiger partial charge in [0.25, 0.3) is 0 Å². The minimum atomic E-state index is -0.367. The predicted molar refractivity (Wildman–Crippen MR) is 143 cm³/mol. The van der Waals surface area contributed by atoms with Crippen molar-refractivity contribution in [2.75, 3.05) is 12.3 Å². The first-order valence-electron chi connectivity index (χ1n) is 14.4. The van der Waals surface area contributed by atoms with E-state index in [1.165, 1.54) is 49.7 Å². The Balaban J connectivity index is 1.16. The van der Waals surface area contributed by atoms with Crippen molar-refractivity contribution in [2.45, 2.75) is 107 Å². The van der Waals surface area contributed by atoms with Crippen molar-refractivity contribution >= 4 is 11.8 Å². The molecule has 5 nitrogen and oxygen atoms in total. The first-order valence-corrected chi connectivity index (χ1v) is 15.4. The van der Waals surface area contributed by atoms with E-state index in [0.717, 1.165) is 37.5 Å². The van der Waals surface area contributed by atoms with Gasteiger partial charge in [-0.05, 0) is 81.8 Å². The summed E-state index contributed by atoms with van der Waals surface area (Å²) in [7, 11) is 0. The number of aliphatic hydroxyl groups excluding tert-OH is 1. The molecule has 6 heteroatoms. The first kappa shape index (κ1) is 23.9. The number of hydrogen-bond donors (Lipinski definition) is 1. The molecule has 9 atom stereocenters. The van der Waals surface area contributed by atoms with Gasteiger partial charge in [-0.3, -0.25) is 9.80 Å². The Bertz CT molecular complexity index is 1040. The van der Waals surface area contributed by atoms with Crippen molar-refractivity contribution in [3.8, 4) is 0 Å². The Kier molecular flexibility index (Phi) is 5.92. The molecule has 5 aliphatic rings. The van der Waals surface area contributed by atoms with Crippen LogP contribution in [0.4, 0.5) is 0 Å². The molecule has 7 rings (SSSR count). The van der Waals surface area contributed by atoms with Gasteiger partial charge in [-0.25, -0.2) is 0 Å². The van der Waals surface area contributed by atoms with Crippen molar-refractivity contribution in [3.63, 3.8) is 0 Å². The Morgan fingerprint density at radius 1 is 0.861 bits per heavy atom. The van der Waals surface area contributed by atoms with Gasteiger partial charge in [-0.1, -0.05) is 13.8 Å². The van der Waals surface area contributed by atoms with Gasteiger partial charge in [0.15, 0.2) is 0 Å². The van der Waals surface area contributed by atoms with Crippen molar-refractivity contribution in [3.05, 3.63) is 48.3 Å². The van der Waals surface area contributed by atoms with Gasteiger partial charge in [0.05, 0.1) is 25.1 Å². The zero-order chi connectivity index (χ0) is 24.5. The van der Waals surface area contributed by atoms with Gasteiger partial charge in [0.2, 0.25) is 0 Å². The Labute approximate surface area is 220 Å². The molecule has 1 N–H and O–H groups in total. The first-order chi connectivity index (χ1) is 17.5. The van der Waals surface area contributed by atoms with Crippen LogP contribution in [0.1, 0.15) is 94.8 Å². The second kappa shape index (κ2) is 8.93. The number of aliphatic hydroxyl groups is 1. The molecule has 7 heterocycles. The average Bonchev–Trinajstić information content (AvgIpc) is 3.65. The fourth-order valence-electron chi connectivity index (χ4n) is 9.05. The van der Waals surface area contributed by atoms with Gasteiger partial charge in [0, 0.05) is 57.8 Å². The predicted octanol–water partition coefficient (Wildman–Crippen LogP) is 6.62. The lowest BCUT2D eigenvalue weighted by atomic mass is 9.66. The van der Waals surface area contributed by atoms with E-state index in [2.05, 4.69) is 47.5 Å². The van der Waals surface area contributed by atoms with Gasteiger partial charge in [0.1, 0.15) is 6.23 Å². The van der Waals surface area contributed by atoms with E-state index in [4.69, 9.17) is 8.83 Å². The van der Waals surface area contributed by atoms with Crippen LogP contribution in [0.15, 0.2) is 46.0 Å². The van der Waals surface area contributed by atoms with E-state index in [9.17, 15) is 5.11 Å². The minimum Gasteiger partial charge on any atom is -0.472 e. The Morgan fingerprint density at radius 2 is 1.53 bits per heavy atom. The zero-order valence-electron chi connectivity index (χ0n) is 21.9. The molecule has 5 aliphatic heterocycles. The summed E-state index contributed by atoms with van der Waals surface area (Å²) < 4.78 is 11.3. The molecule has 0 aromatic carbocycles. The molecule has 0 radical (unpaired) electrons. The zero-order valence-corrected chi connectivity index (χ0v) is 22.7. The smallest absolute Gasteiger partial charge is 0.114 e. The summed E-state index contributed by atoms with van der Waals surface area (Å²) in [5.74, 6) is 2.50. The molecule has 2 spiro atoms. The fourth-order valence-corrected chi connectivity index (χ4v) is 10.9. The van der Waals surface area contributed by atoms with Crippen molar-refractivity contribution in [1.82, 2.24) is 9.80 Å². The third kappa shape index (κ3) is 3.69. The Hall–Kier alpha value is -1.21.